The second kappa shape index (κ2) is 3.45. The lowest BCUT2D eigenvalue weighted by Crippen LogP contribution is -2.01. The highest BCUT2D eigenvalue weighted by molar-refractivity contribution is 5.79. The summed E-state index contributed by atoms with van der Waals surface area (Å²) in [5.41, 5.74) is 2.49. The van der Waals surface area contributed by atoms with Gasteiger partial charge in [-0.05, 0) is 24.0 Å². The van der Waals surface area contributed by atoms with Crippen molar-refractivity contribution in [2.24, 2.45) is 5.92 Å². The van der Waals surface area contributed by atoms with Crippen LogP contribution in [0.25, 0.3) is 10.9 Å². The summed E-state index contributed by atoms with van der Waals surface area (Å²) >= 11 is 0. The molecular weight excluding hydrogens is 172 g/mol. The van der Waals surface area contributed by atoms with Crippen molar-refractivity contribution in [1.82, 2.24) is 9.97 Å². The number of rotatable bonds is 2. The molecule has 2 aromatic heterocycles. The first-order valence-electron chi connectivity index (χ1n) is 5.11. The van der Waals surface area contributed by atoms with E-state index in [1.54, 1.807) is 0 Å². The average Bonchev–Trinajstić information content (AvgIpc) is 2.59. The number of hydrogen-bond acceptors (Lipinski definition) is 1. The van der Waals surface area contributed by atoms with E-state index in [9.17, 15) is 0 Å². The van der Waals surface area contributed by atoms with Gasteiger partial charge in [0.15, 0.2) is 0 Å². The lowest BCUT2D eigenvalue weighted by Gasteiger charge is -2.12. The standard InChI is InChI=1S/C12H16N2/c1-8(2)9(3)12-6-10-7-13-5-4-11(10)14-12/h4-9,14H,1-3H3. The molecule has 0 saturated carbocycles. The van der Waals surface area contributed by atoms with Crippen LogP contribution in [0.15, 0.2) is 24.5 Å². The zero-order chi connectivity index (χ0) is 10.1. The van der Waals surface area contributed by atoms with Gasteiger partial charge in [-0.3, -0.25) is 4.98 Å². The Labute approximate surface area is 84.4 Å². The number of nitrogens with zero attached hydrogens (tertiary/aromatic N) is 1. The number of hydrogen-bond donors (Lipinski definition) is 1. The maximum atomic E-state index is 4.11. The van der Waals surface area contributed by atoms with Crippen molar-refractivity contribution in [3.05, 3.63) is 30.2 Å². The predicted molar refractivity (Wildman–Crippen MR) is 59.3 cm³/mol. The van der Waals surface area contributed by atoms with Crippen LogP contribution >= 0.6 is 0 Å². The van der Waals surface area contributed by atoms with Gasteiger partial charge in [0, 0.05) is 29.0 Å². The third-order valence-electron chi connectivity index (χ3n) is 2.93. The first-order chi connectivity index (χ1) is 6.68. The number of H-pyrrole nitrogens is 1. The smallest absolute Gasteiger partial charge is 0.0487 e. The molecule has 2 heteroatoms. The van der Waals surface area contributed by atoms with Gasteiger partial charge in [0.25, 0.3) is 0 Å². The van der Waals surface area contributed by atoms with E-state index in [-0.39, 0.29) is 0 Å². The van der Waals surface area contributed by atoms with Crippen molar-refractivity contribution in [1.29, 1.82) is 0 Å². The Morgan fingerprint density at radius 3 is 2.71 bits per heavy atom. The Hall–Kier alpha value is -1.31. The van der Waals surface area contributed by atoms with Crippen molar-refractivity contribution in [3.8, 4) is 0 Å². The Morgan fingerprint density at radius 1 is 1.29 bits per heavy atom. The summed E-state index contributed by atoms with van der Waals surface area (Å²) in [5.74, 6) is 1.23. The van der Waals surface area contributed by atoms with Crippen molar-refractivity contribution in [3.63, 3.8) is 0 Å². The molecule has 1 N–H and O–H groups in total. The van der Waals surface area contributed by atoms with Gasteiger partial charge < -0.3 is 4.98 Å². The van der Waals surface area contributed by atoms with Gasteiger partial charge in [-0.25, -0.2) is 0 Å². The number of aromatic nitrogens is 2. The maximum Gasteiger partial charge on any atom is 0.0487 e. The molecule has 2 aromatic rings. The molecule has 0 aliphatic heterocycles. The third kappa shape index (κ3) is 1.52. The van der Waals surface area contributed by atoms with E-state index in [0.29, 0.717) is 11.8 Å². The number of fused-ring (bicyclic) bond motifs is 1. The van der Waals surface area contributed by atoms with Gasteiger partial charge >= 0.3 is 0 Å². The minimum Gasteiger partial charge on any atom is -0.358 e. The molecule has 0 fully saturated rings. The van der Waals surface area contributed by atoms with Gasteiger partial charge in [0.05, 0.1) is 0 Å². The molecule has 2 heterocycles. The van der Waals surface area contributed by atoms with E-state index in [1.807, 2.05) is 18.5 Å². The van der Waals surface area contributed by atoms with Gasteiger partial charge in [0.2, 0.25) is 0 Å². The van der Waals surface area contributed by atoms with Gasteiger partial charge in [0.1, 0.15) is 0 Å². The fourth-order valence-electron chi connectivity index (χ4n) is 1.60. The topological polar surface area (TPSA) is 28.7 Å². The number of aromatic amines is 1. The average molecular weight is 188 g/mol. The molecule has 14 heavy (non-hydrogen) atoms. The molecule has 0 saturated heterocycles. The molecule has 2 rings (SSSR count). The normalized spacial score (nSPS) is 13.7. The summed E-state index contributed by atoms with van der Waals surface area (Å²) in [5, 5.41) is 1.20. The zero-order valence-electron chi connectivity index (χ0n) is 8.91. The Balaban J connectivity index is 2.45. The molecule has 0 bridgehead atoms. The largest absolute Gasteiger partial charge is 0.358 e. The number of pyridine rings is 1. The molecule has 1 atom stereocenters. The Morgan fingerprint density at radius 2 is 2.07 bits per heavy atom. The minimum absolute atomic E-state index is 0.572. The lowest BCUT2D eigenvalue weighted by molar-refractivity contribution is 0.526. The van der Waals surface area contributed by atoms with Crippen LogP contribution in [0.4, 0.5) is 0 Å². The summed E-state index contributed by atoms with van der Waals surface area (Å²) in [7, 11) is 0. The molecule has 0 spiro atoms. The summed E-state index contributed by atoms with van der Waals surface area (Å²) in [6.07, 6.45) is 3.73. The lowest BCUT2D eigenvalue weighted by atomic mass is 9.95. The van der Waals surface area contributed by atoms with Crippen LogP contribution in [0, 0.1) is 5.92 Å². The summed E-state index contributed by atoms with van der Waals surface area (Å²) < 4.78 is 0. The Bertz CT molecular complexity index is 396. The summed E-state index contributed by atoms with van der Waals surface area (Å²) in [4.78, 5) is 7.55. The molecule has 0 radical (unpaired) electrons. The van der Waals surface area contributed by atoms with Gasteiger partial charge in [-0.2, -0.15) is 0 Å². The predicted octanol–water partition coefficient (Wildman–Crippen LogP) is 3.32. The van der Waals surface area contributed by atoms with Crippen LogP contribution < -0.4 is 0 Å². The number of nitrogens with one attached hydrogen (secondary N) is 1. The van der Waals surface area contributed by atoms with Crippen LogP contribution in [0.3, 0.4) is 0 Å². The van der Waals surface area contributed by atoms with Crippen LogP contribution in [0.5, 0.6) is 0 Å². The van der Waals surface area contributed by atoms with Crippen LogP contribution in [-0.4, -0.2) is 9.97 Å². The first kappa shape index (κ1) is 9.25. The summed E-state index contributed by atoms with van der Waals surface area (Å²) in [6, 6.07) is 4.22. The van der Waals surface area contributed by atoms with Crippen molar-refractivity contribution in [2.45, 2.75) is 26.7 Å². The molecule has 1 unspecified atom stereocenters. The van der Waals surface area contributed by atoms with Crippen LogP contribution in [0.1, 0.15) is 32.4 Å². The Kier molecular flexibility index (Phi) is 2.28. The highest BCUT2D eigenvalue weighted by atomic mass is 14.7. The van der Waals surface area contributed by atoms with E-state index in [4.69, 9.17) is 0 Å². The fraction of sp³-hybridized carbons (Fsp3) is 0.417. The highest BCUT2D eigenvalue weighted by Gasteiger charge is 2.12. The quantitative estimate of drug-likeness (QED) is 0.769. The second-order valence-electron chi connectivity index (χ2n) is 4.22. The molecule has 0 aromatic carbocycles. The highest BCUT2D eigenvalue weighted by Crippen LogP contribution is 2.25. The molecule has 0 amide bonds. The minimum atomic E-state index is 0.572. The fourth-order valence-corrected chi connectivity index (χ4v) is 1.60. The maximum absolute atomic E-state index is 4.11. The van der Waals surface area contributed by atoms with E-state index >= 15 is 0 Å². The molecule has 74 valence electrons. The monoisotopic (exact) mass is 188 g/mol. The molecular formula is C12H16N2. The molecule has 2 nitrogen and oxygen atoms in total. The summed E-state index contributed by atoms with van der Waals surface area (Å²) in [6.45, 7) is 6.74. The SMILES string of the molecule is CC(C)C(C)c1cc2cnccc2[nH]1. The van der Waals surface area contributed by atoms with Crippen molar-refractivity contribution < 1.29 is 0 Å². The van der Waals surface area contributed by atoms with E-state index in [0.717, 1.165) is 0 Å². The zero-order valence-corrected chi connectivity index (χ0v) is 8.91. The molecule has 0 aliphatic rings. The molecule has 0 aliphatic carbocycles. The van der Waals surface area contributed by atoms with Gasteiger partial charge in [-0.15, -0.1) is 0 Å². The van der Waals surface area contributed by atoms with E-state index in [1.165, 1.54) is 16.6 Å². The van der Waals surface area contributed by atoms with E-state index < -0.39 is 0 Å². The third-order valence-corrected chi connectivity index (χ3v) is 2.93. The second-order valence-corrected chi connectivity index (χ2v) is 4.22. The first-order valence-corrected chi connectivity index (χ1v) is 5.11. The van der Waals surface area contributed by atoms with Gasteiger partial charge in [-0.1, -0.05) is 20.8 Å². The van der Waals surface area contributed by atoms with E-state index in [2.05, 4.69) is 36.8 Å². The van der Waals surface area contributed by atoms with Crippen LogP contribution in [-0.2, 0) is 0 Å². The van der Waals surface area contributed by atoms with Crippen molar-refractivity contribution in [2.75, 3.05) is 0 Å². The van der Waals surface area contributed by atoms with Crippen LogP contribution in [0.2, 0.25) is 0 Å². The van der Waals surface area contributed by atoms with Crippen molar-refractivity contribution >= 4 is 10.9 Å².